The van der Waals surface area contributed by atoms with E-state index in [2.05, 4.69) is 10.4 Å². The number of halogens is 3. The summed E-state index contributed by atoms with van der Waals surface area (Å²) in [5, 5.41) is 0. The molecular formula is C9H11F3N4O2S. The van der Waals surface area contributed by atoms with Crippen LogP contribution in [0.3, 0.4) is 0 Å². The van der Waals surface area contributed by atoms with Gasteiger partial charge in [0, 0.05) is 6.20 Å². The molecule has 1 aliphatic rings. The second-order valence-corrected chi connectivity index (χ2v) is 5.89. The van der Waals surface area contributed by atoms with Crippen LogP contribution < -0.4 is 16.0 Å². The second kappa shape index (κ2) is 4.32. The van der Waals surface area contributed by atoms with Crippen molar-refractivity contribution < 1.29 is 21.6 Å². The highest BCUT2D eigenvalue weighted by Gasteiger charge is 2.65. The van der Waals surface area contributed by atoms with Gasteiger partial charge in [0.15, 0.2) is 0 Å². The van der Waals surface area contributed by atoms with Gasteiger partial charge >= 0.3 is 6.18 Å². The number of nitrogens with two attached hydrogens (primary N) is 1. The third kappa shape index (κ3) is 2.65. The molecule has 0 unspecified atom stereocenters. The van der Waals surface area contributed by atoms with Gasteiger partial charge in [0.05, 0.1) is 0 Å². The van der Waals surface area contributed by atoms with Crippen LogP contribution in [0.4, 0.5) is 19.0 Å². The Morgan fingerprint density at radius 3 is 2.32 bits per heavy atom. The van der Waals surface area contributed by atoms with Gasteiger partial charge in [-0.05, 0) is 25.0 Å². The Kier molecular flexibility index (Phi) is 3.19. The summed E-state index contributed by atoms with van der Waals surface area (Å²) in [7, 11) is -4.26. The molecule has 1 heterocycles. The lowest BCUT2D eigenvalue weighted by molar-refractivity contribution is -0.160. The van der Waals surface area contributed by atoms with Gasteiger partial charge in [0.25, 0.3) is 0 Å². The van der Waals surface area contributed by atoms with Crippen molar-refractivity contribution in [3.8, 4) is 0 Å². The molecule has 0 atom stereocenters. The van der Waals surface area contributed by atoms with Gasteiger partial charge in [-0.25, -0.2) is 19.2 Å². The molecule has 0 spiro atoms. The Bertz CT molecular complexity index is 566. The van der Waals surface area contributed by atoms with Gasteiger partial charge < -0.3 is 5.43 Å². The van der Waals surface area contributed by atoms with Crippen molar-refractivity contribution >= 4 is 15.8 Å². The van der Waals surface area contributed by atoms with Crippen LogP contribution in [-0.4, -0.2) is 25.1 Å². The van der Waals surface area contributed by atoms with E-state index in [0.29, 0.717) is 0 Å². The summed E-state index contributed by atoms with van der Waals surface area (Å²) in [4.78, 5) is 3.29. The zero-order valence-corrected chi connectivity index (χ0v) is 10.3. The molecule has 0 amide bonds. The van der Waals surface area contributed by atoms with Crippen molar-refractivity contribution in [1.82, 2.24) is 9.71 Å². The number of hydrogen-bond donors (Lipinski definition) is 3. The third-order valence-corrected chi connectivity index (χ3v) is 4.34. The first-order chi connectivity index (χ1) is 8.70. The average molecular weight is 296 g/mol. The predicted octanol–water partition coefficient (Wildman–Crippen LogP) is 0.740. The number of rotatable bonds is 4. The van der Waals surface area contributed by atoms with Crippen molar-refractivity contribution in [2.45, 2.75) is 29.5 Å². The lowest BCUT2D eigenvalue weighted by Gasteiger charge is -2.20. The lowest BCUT2D eigenvalue weighted by atomic mass is 10.3. The van der Waals surface area contributed by atoms with Crippen LogP contribution in [0.25, 0.3) is 0 Å². The van der Waals surface area contributed by atoms with E-state index in [1.807, 2.05) is 0 Å². The molecule has 106 valence electrons. The predicted molar refractivity (Wildman–Crippen MR) is 60.4 cm³/mol. The molecule has 0 radical (unpaired) electrons. The minimum Gasteiger partial charge on any atom is -0.308 e. The zero-order valence-electron chi connectivity index (χ0n) is 9.53. The van der Waals surface area contributed by atoms with E-state index in [0.717, 1.165) is 12.3 Å². The maximum absolute atomic E-state index is 12.7. The minimum atomic E-state index is -4.60. The standard InChI is InChI=1S/C9H11F3N4O2S/c10-9(11,12)8(3-4-8)16-19(17,18)6-1-2-7(15-13)14-5-6/h1-2,5,16H,3-4,13H2,(H,14,15). The maximum atomic E-state index is 12.7. The van der Waals surface area contributed by atoms with E-state index >= 15 is 0 Å². The van der Waals surface area contributed by atoms with Gasteiger partial charge in [0.2, 0.25) is 10.0 Å². The van der Waals surface area contributed by atoms with E-state index in [9.17, 15) is 21.6 Å². The summed E-state index contributed by atoms with van der Waals surface area (Å²) < 4.78 is 63.4. The number of sulfonamides is 1. The summed E-state index contributed by atoms with van der Waals surface area (Å²) >= 11 is 0. The van der Waals surface area contributed by atoms with E-state index in [4.69, 9.17) is 5.84 Å². The number of alkyl halides is 3. The Morgan fingerprint density at radius 2 is 1.95 bits per heavy atom. The van der Waals surface area contributed by atoms with Crippen LogP contribution >= 0.6 is 0 Å². The highest BCUT2D eigenvalue weighted by molar-refractivity contribution is 7.89. The maximum Gasteiger partial charge on any atom is 0.407 e. The molecule has 1 fully saturated rings. The van der Waals surface area contributed by atoms with Gasteiger partial charge in [-0.2, -0.15) is 17.9 Å². The number of nitrogens with one attached hydrogen (secondary N) is 2. The number of hydrogen-bond acceptors (Lipinski definition) is 5. The second-order valence-electron chi connectivity index (χ2n) is 4.21. The van der Waals surface area contributed by atoms with E-state index in [1.54, 1.807) is 4.72 Å². The van der Waals surface area contributed by atoms with Crippen LogP contribution in [0.1, 0.15) is 12.8 Å². The molecule has 0 saturated heterocycles. The summed E-state index contributed by atoms with van der Waals surface area (Å²) in [6.07, 6.45) is -4.19. The van der Waals surface area contributed by atoms with Crippen molar-refractivity contribution in [2.75, 3.05) is 5.43 Å². The van der Waals surface area contributed by atoms with Gasteiger partial charge in [-0.15, -0.1) is 0 Å². The fourth-order valence-electron chi connectivity index (χ4n) is 1.51. The third-order valence-electron chi connectivity index (χ3n) is 2.82. The Labute approximate surface area is 107 Å². The van der Waals surface area contributed by atoms with Crippen molar-refractivity contribution in [1.29, 1.82) is 0 Å². The highest BCUT2D eigenvalue weighted by atomic mass is 32.2. The first-order valence-corrected chi connectivity index (χ1v) is 6.72. The van der Waals surface area contributed by atoms with Crippen molar-refractivity contribution in [2.24, 2.45) is 5.84 Å². The number of hydrazine groups is 1. The smallest absolute Gasteiger partial charge is 0.308 e. The fraction of sp³-hybridized carbons (Fsp3) is 0.444. The van der Waals surface area contributed by atoms with Gasteiger partial charge in [-0.1, -0.05) is 0 Å². The van der Waals surface area contributed by atoms with Crippen molar-refractivity contribution in [3.63, 3.8) is 0 Å². The molecule has 0 aromatic carbocycles. The van der Waals surface area contributed by atoms with E-state index in [-0.39, 0.29) is 23.6 Å². The zero-order chi connectivity index (χ0) is 14.3. The molecule has 1 aromatic heterocycles. The molecule has 10 heteroatoms. The van der Waals surface area contributed by atoms with Gasteiger partial charge in [0.1, 0.15) is 16.3 Å². The summed E-state index contributed by atoms with van der Waals surface area (Å²) in [6.45, 7) is 0. The van der Waals surface area contributed by atoms with E-state index < -0.39 is 21.7 Å². The average Bonchev–Trinajstić information content (AvgIpc) is 3.09. The fourth-order valence-corrected chi connectivity index (χ4v) is 2.90. The lowest BCUT2D eigenvalue weighted by Crippen LogP contribution is -2.47. The Balaban J connectivity index is 2.23. The molecule has 0 aliphatic heterocycles. The topological polar surface area (TPSA) is 97.1 Å². The number of anilines is 1. The van der Waals surface area contributed by atoms with E-state index in [1.165, 1.54) is 6.07 Å². The molecule has 19 heavy (non-hydrogen) atoms. The SMILES string of the molecule is NNc1ccc(S(=O)(=O)NC2(C(F)(F)F)CC2)cn1. The Hall–Kier alpha value is -1.39. The first-order valence-electron chi connectivity index (χ1n) is 5.24. The van der Waals surface area contributed by atoms with Crippen LogP contribution in [0.15, 0.2) is 23.2 Å². The molecule has 1 saturated carbocycles. The first kappa shape index (κ1) is 14.0. The summed E-state index contributed by atoms with van der Waals surface area (Å²) in [6, 6.07) is 2.37. The van der Waals surface area contributed by atoms with Gasteiger partial charge in [-0.3, -0.25) is 0 Å². The molecule has 1 aromatic rings. The minimum absolute atomic E-state index is 0.205. The van der Waals surface area contributed by atoms with Crippen LogP contribution in [0, 0.1) is 0 Å². The molecule has 2 rings (SSSR count). The van der Waals surface area contributed by atoms with Crippen LogP contribution in [-0.2, 0) is 10.0 Å². The number of aromatic nitrogens is 1. The Morgan fingerprint density at radius 1 is 1.32 bits per heavy atom. The molecule has 4 N–H and O–H groups in total. The quantitative estimate of drug-likeness (QED) is 0.562. The number of nitrogens with zero attached hydrogens (tertiary/aromatic N) is 1. The van der Waals surface area contributed by atoms with Crippen LogP contribution in [0.2, 0.25) is 0 Å². The molecule has 6 nitrogen and oxygen atoms in total. The number of nitrogen functional groups attached to an aromatic ring is 1. The van der Waals surface area contributed by atoms with Crippen LogP contribution in [0.5, 0.6) is 0 Å². The molecule has 0 bridgehead atoms. The molecular weight excluding hydrogens is 285 g/mol. The molecule has 1 aliphatic carbocycles. The number of pyridine rings is 1. The summed E-state index contributed by atoms with van der Waals surface area (Å²) in [5.41, 5.74) is -0.153. The van der Waals surface area contributed by atoms with Crippen molar-refractivity contribution in [3.05, 3.63) is 18.3 Å². The summed E-state index contributed by atoms with van der Waals surface area (Å²) in [5.74, 6) is 5.26. The highest BCUT2D eigenvalue weighted by Crippen LogP contribution is 2.49. The monoisotopic (exact) mass is 296 g/mol. The largest absolute Gasteiger partial charge is 0.407 e. The normalized spacial score (nSPS) is 18.1.